The molecule has 1 aromatic carbocycles. The summed E-state index contributed by atoms with van der Waals surface area (Å²) in [5.74, 6) is 0.592. The van der Waals surface area contributed by atoms with Crippen LogP contribution in [0.25, 0.3) is 0 Å². The van der Waals surface area contributed by atoms with Crippen molar-refractivity contribution in [3.8, 4) is 0 Å². The van der Waals surface area contributed by atoms with Gasteiger partial charge in [-0.2, -0.15) is 0 Å². The minimum Gasteiger partial charge on any atom is -0.352 e. The van der Waals surface area contributed by atoms with E-state index in [1.54, 1.807) is 0 Å². The molecule has 0 radical (unpaired) electrons. The zero-order valence-corrected chi connectivity index (χ0v) is 16.7. The lowest BCUT2D eigenvalue weighted by atomic mass is 9.99. The molecular formula is C21H30ClN3O. The third kappa shape index (κ3) is 4.49. The van der Waals surface area contributed by atoms with Gasteiger partial charge in [0.25, 0.3) is 5.91 Å². The molecule has 1 amide bonds. The zero-order valence-electron chi connectivity index (χ0n) is 15.9. The summed E-state index contributed by atoms with van der Waals surface area (Å²) >= 11 is 0. The molecule has 2 aromatic rings. The Bertz CT molecular complexity index is 720. The van der Waals surface area contributed by atoms with Gasteiger partial charge in [0, 0.05) is 17.9 Å². The highest BCUT2D eigenvalue weighted by atomic mass is 35.5. The second-order valence-electron chi connectivity index (χ2n) is 7.16. The van der Waals surface area contributed by atoms with E-state index in [4.69, 9.17) is 0 Å². The normalized spacial score (nSPS) is 18.0. The molecule has 5 heteroatoms. The molecule has 1 saturated heterocycles. The second-order valence-corrected chi connectivity index (χ2v) is 7.16. The molecule has 2 unspecified atom stereocenters. The molecule has 0 aliphatic carbocycles. The standard InChI is InChI=1S/C21H29N3O.ClH/c1-15-12-20(21(25)23-14-18-8-7-11-22-13-18)17(3)24(15)16(2)19-9-5-4-6-10-19;/h4-6,9-10,12,16,18,22H,7-8,11,13-14H2,1-3H3,(H,23,25);1H. The van der Waals surface area contributed by atoms with E-state index in [0.29, 0.717) is 5.92 Å². The molecule has 1 aliphatic heterocycles. The summed E-state index contributed by atoms with van der Waals surface area (Å²) in [6.07, 6.45) is 2.39. The minimum absolute atomic E-state index is 0. The van der Waals surface area contributed by atoms with E-state index in [1.807, 2.05) is 19.1 Å². The second kappa shape index (κ2) is 9.24. The van der Waals surface area contributed by atoms with Crippen LogP contribution in [0.5, 0.6) is 0 Å². The fourth-order valence-electron chi connectivity index (χ4n) is 3.91. The summed E-state index contributed by atoms with van der Waals surface area (Å²) < 4.78 is 2.26. The fourth-order valence-corrected chi connectivity index (χ4v) is 3.91. The lowest BCUT2D eigenvalue weighted by molar-refractivity contribution is 0.0944. The molecule has 4 nitrogen and oxygen atoms in total. The molecule has 1 aromatic heterocycles. The predicted molar refractivity (Wildman–Crippen MR) is 109 cm³/mol. The van der Waals surface area contributed by atoms with Crippen molar-refractivity contribution >= 4 is 18.3 Å². The van der Waals surface area contributed by atoms with Gasteiger partial charge < -0.3 is 15.2 Å². The molecule has 2 N–H and O–H groups in total. The van der Waals surface area contributed by atoms with Crippen molar-refractivity contribution < 1.29 is 4.79 Å². The summed E-state index contributed by atoms with van der Waals surface area (Å²) in [5.41, 5.74) is 4.21. The first-order chi connectivity index (χ1) is 12.1. The van der Waals surface area contributed by atoms with Crippen molar-refractivity contribution in [2.75, 3.05) is 19.6 Å². The number of hydrogen-bond donors (Lipinski definition) is 2. The van der Waals surface area contributed by atoms with Gasteiger partial charge in [0.05, 0.1) is 11.6 Å². The van der Waals surface area contributed by atoms with Crippen molar-refractivity contribution in [3.63, 3.8) is 0 Å². The van der Waals surface area contributed by atoms with Gasteiger partial charge in [-0.05, 0) is 64.3 Å². The molecule has 0 bridgehead atoms. The Hall–Kier alpha value is -1.78. The number of piperidine rings is 1. The maximum absolute atomic E-state index is 12.7. The first kappa shape index (κ1) is 20.5. The van der Waals surface area contributed by atoms with Gasteiger partial charge in [-0.1, -0.05) is 30.3 Å². The Morgan fingerprint density at radius 1 is 1.31 bits per heavy atom. The van der Waals surface area contributed by atoms with Crippen molar-refractivity contribution in [1.82, 2.24) is 15.2 Å². The van der Waals surface area contributed by atoms with E-state index in [1.165, 1.54) is 18.4 Å². The Morgan fingerprint density at radius 3 is 2.69 bits per heavy atom. The van der Waals surface area contributed by atoms with Gasteiger partial charge in [0.15, 0.2) is 0 Å². The van der Waals surface area contributed by atoms with Gasteiger partial charge in [-0.15, -0.1) is 12.4 Å². The van der Waals surface area contributed by atoms with Gasteiger partial charge in [0.1, 0.15) is 0 Å². The topological polar surface area (TPSA) is 46.1 Å². The van der Waals surface area contributed by atoms with Gasteiger partial charge >= 0.3 is 0 Å². The number of aromatic nitrogens is 1. The molecular weight excluding hydrogens is 346 g/mol. The summed E-state index contributed by atoms with van der Waals surface area (Å²) in [4.78, 5) is 12.7. The molecule has 142 valence electrons. The highest BCUT2D eigenvalue weighted by Gasteiger charge is 2.20. The van der Waals surface area contributed by atoms with Crippen LogP contribution < -0.4 is 10.6 Å². The number of nitrogens with one attached hydrogen (secondary N) is 2. The molecule has 0 spiro atoms. The van der Waals surface area contributed by atoms with Gasteiger partial charge in [0.2, 0.25) is 0 Å². The molecule has 3 rings (SSSR count). The highest BCUT2D eigenvalue weighted by Crippen LogP contribution is 2.25. The number of carbonyl (C=O) groups is 1. The number of rotatable bonds is 5. The number of hydrogen-bond acceptors (Lipinski definition) is 2. The quantitative estimate of drug-likeness (QED) is 0.833. The van der Waals surface area contributed by atoms with Crippen LogP contribution in [0.15, 0.2) is 36.4 Å². The predicted octanol–water partition coefficient (Wildman–Crippen LogP) is 3.87. The molecule has 1 aliphatic rings. The van der Waals surface area contributed by atoms with Crippen LogP contribution in [-0.4, -0.2) is 30.1 Å². The van der Waals surface area contributed by atoms with Crippen molar-refractivity contribution in [2.24, 2.45) is 5.92 Å². The maximum atomic E-state index is 12.7. The number of amides is 1. The van der Waals surface area contributed by atoms with E-state index < -0.39 is 0 Å². The van der Waals surface area contributed by atoms with Gasteiger partial charge in [-0.3, -0.25) is 4.79 Å². The maximum Gasteiger partial charge on any atom is 0.253 e. The molecule has 0 saturated carbocycles. The number of carbonyl (C=O) groups excluding carboxylic acids is 1. The van der Waals surface area contributed by atoms with Crippen molar-refractivity contribution in [1.29, 1.82) is 0 Å². The largest absolute Gasteiger partial charge is 0.352 e. The average molecular weight is 376 g/mol. The SMILES string of the molecule is Cc1cc(C(=O)NCC2CCCNC2)c(C)n1C(C)c1ccccc1.Cl. The van der Waals surface area contributed by atoms with Crippen LogP contribution in [0.4, 0.5) is 0 Å². The third-order valence-corrected chi connectivity index (χ3v) is 5.35. The van der Waals surface area contributed by atoms with E-state index in [9.17, 15) is 4.79 Å². The summed E-state index contributed by atoms with van der Waals surface area (Å²) in [5, 5.41) is 6.54. The van der Waals surface area contributed by atoms with Crippen molar-refractivity contribution in [2.45, 2.75) is 39.7 Å². The molecule has 1 fully saturated rings. The fraction of sp³-hybridized carbons (Fsp3) is 0.476. The van der Waals surface area contributed by atoms with E-state index in [0.717, 1.165) is 36.6 Å². The minimum atomic E-state index is 0. The summed E-state index contributed by atoms with van der Waals surface area (Å²) in [6.45, 7) is 9.17. The zero-order chi connectivity index (χ0) is 17.8. The van der Waals surface area contributed by atoms with Crippen LogP contribution in [0.1, 0.15) is 53.1 Å². The lowest BCUT2D eigenvalue weighted by Gasteiger charge is -2.23. The Labute approximate surface area is 162 Å². The molecule has 26 heavy (non-hydrogen) atoms. The average Bonchev–Trinajstić information content (AvgIpc) is 2.95. The van der Waals surface area contributed by atoms with Crippen LogP contribution in [0, 0.1) is 19.8 Å². The molecule has 2 atom stereocenters. The summed E-state index contributed by atoms with van der Waals surface area (Å²) in [6, 6.07) is 12.7. The summed E-state index contributed by atoms with van der Waals surface area (Å²) in [7, 11) is 0. The van der Waals surface area contributed by atoms with Crippen LogP contribution in [0.3, 0.4) is 0 Å². The van der Waals surface area contributed by atoms with E-state index in [-0.39, 0.29) is 24.4 Å². The van der Waals surface area contributed by atoms with E-state index >= 15 is 0 Å². The Morgan fingerprint density at radius 2 is 2.04 bits per heavy atom. The Kier molecular flexibility index (Phi) is 7.30. The number of halogens is 1. The van der Waals surface area contributed by atoms with Crippen molar-refractivity contribution in [3.05, 3.63) is 58.9 Å². The highest BCUT2D eigenvalue weighted by molar-refractivity contribution is 5.95. The Balaban J connectivity index is 0.00000243. The number of benzene rings is 1. The number of nitrogens with zero attached hydrogens (tertiary/aromatic N) is 1. The van der Waals surface area contributed by atoms with E-state index in [2.05, 4.69) is 53.3 Å². The van der Waals surface area contributed by atoms with Crippen LogP contribution in [-0.2, 0) is 0 Å². The molecule has 2 heterocycles. The first-order valence-corrected chi connectivity index (χ1v) is 9.30. The smallest absolute Gasteiger partial charge is 0.253 e. The third-order valence-electron chi connectivity index (χ3n) is 5.35. The van der Waals surface area contributed by atoms with Crippen LogP contribution >= 0.6 is 12.4 Å². The lowest BCUT2D eigenvalue weighted by Crippen LogP contribution is -2.38. The van der Waals surface area contributed by atoms with Gasteiger partial charge in [-0.25, -0.2) is 0 Å². The number of aryl methyl sites for hydroxylation is 1. The first-order valence-electron chi connectivity index (χ1n) is 9.30. The monoisotopic (exact) mass is 375 g/mol. The van der Waals surface area contributed by atoms with Crippen LogP contribution in [0.2, 0.25) is 0 Å².